The predicted molar refractivity (Wildman–Crippen MR) is 68.2 cm³/mol. The lowest BCUT2D eigenvalue weighted by Gasteiger charge is -2.34. The molecule has 3 atom stereocenters. The molecule has 5 nitrogen and oxygen atoms in total. The number of amides is 2. The van der Waals surface area contributed by atoms with Gasteiger partial charge in [0.25, 0.3) is 0 Å². The van der Waals surface area contributed by atoms with Crippen molar-refractivity contribution < 1.29 is 14.7 Å². The minimum atomic E-state index is -0.588. The molecular weight excluding hydrogens is 244 g/mol. The van der Waals surface area contributed by atoms with Gasteiger partial charge in [0.15, 0.2) is 0 Å². The van der Waals surface area contributed by atoms with Crippen LogP contribution in [0.4, 0.5) is 0 Å². The molecule has 0 bridgehead atoms. The highest BCUT2D eigenvalue weighted by molar-refractivity contribution is 5.97. The Labute approximate surface area is 111 Å². The highest BCUT2D eigenvalue weighted by Gasteiger charge is 2.45. The molecule has 0 spiro atoms. The first-order valence-corrected chi connectivity index (χ1v) is 6.48. The number of carbonyl (C=O) groups is 2. The minimum Gasteiger partial charge on any atom is -0.391 e. The summed E-state index contributed by atoms with van der Waals surface area (Å²) in [6, 6.07) is 8.59. The van der Waals surface area contributed by atoms with E-state index >= 15 is 0 Å². The summed E-state index contributed by atoms with van der Waals surface area (Å²) in [5.41, 5.74) is 1.01. The zero-order valence-corrected chi connectivity index (χ0v) is 10.5. The van der Waals surface area contributed by atoms with Crippen LogP contribution < -0.4 is 5.32 Å². The maximum atomic E-state index is 12.3. The van der Waals surface area contributed by atoms with Crippen molar-refractivity contribution >= 4 is 11.8 Å². The van der Waals surface area contributed by atoms with Crippen molar-refractivity contribution in [3.63, 3.8) is 0 Å². The Morgan fingerprint density at radius 2 is 2.00 bits per heavy atom. The summed E-state index contributed by atoms with van der Waals surface area (Å²) in [7, 11) is 0. The third kappa shape index (κ3) is 2.21. The number of piperazine rings is 1. The highest BCUT2D eigenvalue weighted by Crippen LogP contribution is 2.23. The fraction of sp³-hybridized carbons (Fsp3) is 0.429. The van der Waals surface area contributed by atoms with Crippen LogP contribution in [-0.2, 0) is 16.0 Å². The number of nitrogens with one attached hydrogen (secondary N) is 1. The van der Waals surface area contributed by atoms with E-state index in [2.05, 4.69) is 5.32 Å². The van der Waals surface area contributed by atoms with Gasteiger partial charge in [-0.05, 0) is 5.56 Å². The van der Waals surface area contributed by atoms with Crippen molar-refractivity contribution in [2.45, 2.75) is 31.0 Å². The molecule has 0 radical (unpaired) electrons. The number of hydrogen-bond acceptors (Lipinski definition) is 3. The van der Waals surface area contributed by atoms with Gasteiger partial charge in [0.1, 0.15) is 12.1 Å². The van der Waals surface area contributed by atoms with Crippen LogP contribution >= 0.6 is 0 Å². The Bertz CT molecular complexity index is 503. The molecule has 0 aliphatic carbocycles. The van der Waals surface area contributed by atoms with E-state index in [1.165, 1.54) is 4.90 Å². The lowest BCUT2D eigenvalue weighted by molar-refractivity contribution is -0.147. The zero-order valence-electron chi connectivity index (χ0n) is 10.5. The summed E-state index contributed by atoms with van der Waals surface area (Å²) in [5, 5.41) is 12.4. The lowest BCUT2D eigenvalue weighted by Crippen LogP contribution is -2.61. The third-order valence-corrected chi connectivity index (χ3v) is 3.76. The van der Waals surface area contributed by atoms with E-state index in [4.69, 9.17) is 0 Å². The van der Waals surface area contributed by atoms with Crippen molar-refractivity contribution in [3.8, 4) is 0 Å². The number of benzene rings is 1. The van der Waals surface area contributed by atoms with Crippen LogP contribution in [0.2, 0.25) is 0 Å². The first-order chi connectivity index (χ1) is 9.15. The van der Waals surface area contributed by atoms with Gasteiger partial charge in [0.05, 0.1) is 6.10 Å². The Balaban J connectivity index is 1.77. The first-order valence-electron chi connectivity index (χ1n) is 6.48. The predicted octanol–water partition coefficient (Wildman–Crippen LogP) is -0.311. The maximum absolute atomic E-state index is 12.3. The van der Waals surface area contributed by atoms with E-state index in [9.17, 15) is 14.7 Å². The summed E-state index contributed by atoms with van der Waals surface area (Å²) in [6.45, 7) is 0.266. The van der Waals surface area contributed by atoms with Crippen molar-refractivity contribution in [3.05, 3.63) is 35.9 Å². The van der Waals surface area contributed by atoms with Crippen molar-refractivity contribution in [2.24, 2.45) is 0 Å². The van der Waals surface area contributed by atoms with Crippen LogP contribution in [0.25, 0.3) is 0 Å². The molecule has 2 fully saturated rings. The number of rotatable bonds is 2. The Hall–Kier alpha value is -1.88. The molecule has 100 valence electrons. The van der Waals surface area contributed by atoms with Gasteiger partial charge in [-0.1, -0.05) is 30.3 Å². The van der Waals surface area contributed by atoms with Gasteiger partial charge in [-0.15, -0.1) is 0 Å². The van der Waals surface area contributed by atoms with Crippen LogP contribution in [0.15, 0.2) is 30.3 Å². The zero-order chi connectivity index (χ0) is 13.4. The smallest absolute Gasteiger partial charge is 0.246 e. The number of aliphatic hydroxyl groups is 1. The molecule has 0 aromatic heterocycles. The quantitative estimate of drug-likeness (QED) is 0.766. The molecule has 19 heavy (non-hydrogen) atoms. The molecule has 5 heteroatoms. The summed E-state index contributed by atoms with van der Waals surface area (Å²) in [4.78, 5) is 25.8. The Morgan fingerprint density at radius 1 is 1.26 bits per heavy atom. The molecule has 2 aliphatic heterocycles. The van der Waals surface area contributed by atoms with Gasteiger partial charge in [0, 0.05) is 19.4 Å². The summed E-state index contributed by atoms with van der Waals surface area (Å²) >= 11 is 0. The largest absolute Gasteiger partial charge is 0.391 e. The number of aliphatic hydroxyl groups excluding tert-OH is 1. The normalized spacial score (nSPS) is 30.2. The number of nitrogens with zero attached hydrogens (tertiary/aromatic N) is 1. The highest BCUT2D eigenvalue weighted by atomic mass is 16.3. The van der Waals surface area contributed by atoms with Gasteiger partial charge in [-0.2, -0.15) is 0 Å². The summed E-state index contributed by atoms with van der Waals surface area (Å²) in [6.07, 6.45) is 0.246. The first kappa shape index (κ1) is 12.2. The molecule has 2 amide bonds. The van der Waals surface area contributed by atoms with E-state index in [1.54, 1.807) is 0 Å². The topological polar surface area (TPSA) is 69.6 Å². The molecule has 1 aromatic carbocycles. The monoisotopic (exact) mass is 260 g/mol. The molecule has 1 aromatic rings. The van der Waals surface area contributed by atoms with E-state index in [1.807, 2.05) is 30.3 Å². The van der Waals surface area contributed by atoms with Gasteiger partial charge in [-0.25, -0.2) is 0 Å². The van der Waals surface area contributed by atoms with E-state index in [0.29, 0.717) is 12.8 Å². The van der Waals surface area contributed by atoms with Crippen molar-refractivity contribution in [1.82, 2.24) is 10.2 Å². The van der Waals surface area contributed by atoms with Crippen LogP contribution in [-0.4, -0.2) is 46.6 Å². The number of fused-ring (bicyclic) bond motifs is 1. The SMILES string of the molecule is O=C1NC(Cc2ccccc2)C(=O)N2C[C@H](O)C[C@@H]12. The molecule has 2 N–H and O–H groups in total. The minimum absolute atomic E-state index is 0.0926. The van der Waals surface area contributed by atoms with E-state index in [-0.39, 0.29) is 18.4 Å². The van der Waals surface area contributed by atoms with Crippen LogP contribution in [0.3, 0.4) is 0 Å². The van der Waals surface area contributed by atoms with Crippen molar-refractivity contribution in [1.29, 1.82) is 0 Å². The van der Waals surface area contributed by atoms with Gasteiger partial charge < -0.3 is 15.3 Å². The fourth-order valence-corrected chi connectivity index (χ4v) is 2.82. The van der Waals surface area contributed by atoms with Gasteiger partial charge in [-0.3, -0.25) is 9.59 Å². The number of hydrogen-bond donors (Lipinski definition) is 2. The van der Waals surface area contributed by atoms with Gasteiger partial charge >= 0.3 is 0 Å². The summed E-state index contributed by atoms with van der Waals surface area (Å²) < 4.78 is 0. The third-order valence-electron chi connectivity index (χ3n) is 3.76. The summed E-state index contributed by atoms with van der Waals surface area (Å²) in [5.74, 6) is -0.248. The standard InChI is InChI=1S/C14H16N2O3/c17-10-7-12-13(18)15-11(14(19)16(12)8-10)6-9-4-2-1-3-5-9/h1-5,10-12,17H,6-8H2,(H,15,18)/t10-,11?,12+/m1/s1. The average molecular weight is 260 g/mol. The van der Waals surface area contributed by atoms with E-state index in [0.717, 1.165) is 5.56 Å². The molecule has 2 aliphatic rings. The molecular formula is C14H16N2O3. The van der Waals surface area contributed by atoms with Gasteiger partial charge in [0.2, 0.25) is 11.8 Å². The van der Waals surface area contributed by atoms with Crippen LogP contribution in [0, 0.1) is 0 Å². The molecule has 2 saturated heterocycles. The van der Waals surface area contributed by atoms with Crippen molar-refractivity contribution in [2.75, 3.05) is 6.54 Å². The molecule has 2 heterocycles. The Morgan fingerprint density at radius 3 is 2.74 bits per heavy atom. The van der Waals surface area contributed by atoms with E-state index < -0.39 is 18.2 Å². The second-order valence-corrected chi connectivity index (χ2v) is 5.15. The number of carbonyl (C=O) groups excluding carboxylic acids is 2. The molecule has 0 saturated carbocycles. The molecule has 3 rings (SSSR count). The lowest BCUT2D eigenvalue weighted by atomic mass is 10.0. The second-order valence-electron chi connectivity index (χ2n) is 5.15. The second kappa shape index (κ2) is 4.66. The molecule has 1 unspecified atom stereocenters. The Kier molecular flexibility index (Phi) is 2.98. The van der Waals surface area contributed by atoms with Crippen LogP contribution in [0.1, 0.15) is 12.0 Å². The fourth-order valence-electron chi connectivity index (χ4n) is 2.82. The van der Waals surface area contributed by atoms with Crippen LogP contribution in [0.5, 0.6) is 0 Å². The average Bonchev–Trinajstić information content (AvgIpc) is 2.80. The maximum Gasteiger partial charge on any atom is 0.246 e.